The van der Waals surface area contributed by atoms with Gasteiger partial charge in [0.1, 0.15) is 0 Å². The molecule has 0 amide bonds. The van der Waals surface area contributed by atoms with E-state index in [2.05, 4.69) is 62.8 Å². The molecule has 0 aliphatic heterocycles. The van der Waals surface area contributed by atoms with E-state index in [1.807, 2.05) is 36.4 Å². The van der Waals surface area contributed by atoms with E-state index in [0.29, 0.717) is 0 Å². The first-order valence-electron chi connectivity index (χ1n) is 4.63. The monoisotopic (exact) mass is 374 g/mol. The minimum Gasteiger partial charge on any atom is -0.0876 e. The number of benzene rings is 2. The Bertz CT molecular complexity index is 359. The number of hydrogen-bond donors (Lipinski definition) is 0. The van der Waals surface area contributed by atoms with Crippen LogP contribution >= 0.6 is 38.5 Å². The predicted molar refractivity (Wildman–Crippen MR) is 78.2 cm³/mol. The molecular formula is C13H12BrI. The molecule has 2 rings (SSSR count). The molecule has 0 spiro atoms. The highest BCUT2D eigenvalue weighted by molar-refractivity contribution is 14.1. The first kappa shape index (κ1) is 12.7. The molecule has 0 atom stereocenters. The maximum Gasteiger partial charge on any atom is 0.0283 e. The molecule has 0 saturated heterocycles. The molecule has 0 unspecified atom stereocenters. The fourth-order valence-corrected chi connectivity index (χ4v) is 1.77. The van der Waals surface area contributed by atoms with Crippen LogP contribution in [0.4, 0.5) is 0 Å². The fourth-order valence-electron chi connectivity index (χ4n) is 0.982. The second-order valence-corrected chi connectivity index (χ2v) is 4.72. The second-order valence-electron chi connectivity index (χ2n) is 2.91. The highest BCUT2D eigenvalue weighted by Crippen LogP contribution is 2.02. The Hall–Kier alpha value is -0.350. The number of hydrogen-bond acceptors (Lipinski definition) is 0. The van der Waals surface area contributed by atoms with Crippen LogP contribution in [0.15, 0.2) is 60.7 Å². The second kappa shape index (κ2) is 7.88. The summed E-state index contributed by atoms with van der Waals surface area (Å²) in [5.41, 5.74) is 1.33. The van der Waals surface area contributed by atoms with Gasteiger partial charge in [-0.3, -0.25) is 0 Å². The van der Waals surface area contributed by atoms with Crippen molar-refractivity contribution in [2.45, 2.75) is 5.33 Å². The Morgan fingerprint density at radius 2 is 1.27 bits per heavy atom. The van der Waals surface area contributed by atoms with Gasteiger partial charge in [-0.05, 0) is 40.3 Å². The Balaban J connectivity index is 0.000000151. The zero-order valence-corrected chi connectivity index (χ0v) is 12.0. The summed E-state index contributed by atoms with van der Waals surface area (Å²) in [5.74, 6) is 0. The van der Waals surface area contributed by atoms with Gasteiger partial charge < -0.3 is 0 Å². The minimum atomic E-state index is 0.952. The minimum absolute atomic E-state index is 0.952. The van der Waals surface area contributed by atoms with Crippen molar-refractivity contribution >= 4 is 38.5 Å². The summed E-state index contributed by atoms with van der Waals surface area (Å²) < 4.78 is 1.29. The summed E-state index contributed by atoms with van der Waals surface area (Å²) in [6, 6.07) is 20.5. The lowest BCUT2D eigenvalue weighted by Gasteiger charge is -1.88. The van der Waals surface area contributed by atoms with Crippen molar-refractivity contribution < 1.29 is 0 Å². The van der Waals surface area contributed by atoms with Crippen molar-refractivity contribution in [1.29, 1.82) is 0 Å². The Morgan fingerprint density at radius 3 is 1.53 bits per heavy atom. The Morgan fingerprint density at radius 1 is 0.800 bits per heavy atom. The van der Waals surface area contributed by atoms with Crippen LogP contribution in [0.5, 0.6) is 0 Å². The summed E-state index contributed by atoms with van der Waals surface area (Å²) in [5, 5.41) is 0.952. The molecule has 0 bridgehead atoms. The van der Waals surface area contributed by atoms with E-state index in [9.17, 15) is 0 Å². The molecule has 0 saturated carbocycles. The maximum atomic E-state index is 3.36. The summed E-state index contributed by atoms with van der Waals surface area (Å²) in [6.45, 7) is 0. The van der Waals surface area contributed by atoms with E-state index in [1.165, 1.54) is 9.13 Å². The summed E-state index contributed by atoms with van der Waals surface area (Å²) in [6.07, 6.45) is 0. The third-order valence-electron chi connectivity index (χ3n) is 1.73. The van der Waals surface area contributed by atoms with Gasteiger partial charge in [0.2, 0.25) is 0 Å². The van der Waals surface area contributed by atoms with Crippen LogP contribution in [0.1, 0.15) is 5.56 Å². The third-order valence-corrected chi connectivity index (χ3v) is 3.10. The largest absolute Gasteiger partial charge is 0.0876 e. The van der Waals surface area contributed by atoms with E-state index in [0.717, 1.165) is 5.33 Å². The highest BCUT2D eigenvalue weighted by atomic mass is 127. The molecule has 2 heteroatoms. The van der Waals surface area contributed by atoms with Gasteiger partial charge in [0.25, 0.3) is 0 Å². The van der Waals surface area contributed by atoms with Gasteiger partial charge in [0.05, 0.1) is 0 Å². The van der Waals surface area contributed by atoms with Gasteiger partial charge in [0, 0.05) is 8.90 Å². The van der Waals surface area contributed by atoms with Crippen LogP contribution in [0.25, 0.3) is 0 Å². The summed E-state index contributed by atoms with van der Waals surface area (Å²) >= 11 is 5.64. The van der Waals surface area contributed by atoms with Crippen molar-refractivity contribution in [1.82, 2.24) is 0 Å². The lowest BCUT2D eigenvalue weighted by molar-refractivity contribution is 1.44. The SMILES string of the molecule is BrCc1ccccc1.Ic1ccccc1. The predicted octanol–water partition coefficient (Wildman–Crippen LogP) is 4.87. The number of rotatable bonds is 1. The van der Waals surface area contributed by atoms with E-state index < -0.39 is 0 Å². The van der Waals surface area contributed by atoms with Crippen molar-refractivity contribution in [3.8, 4) is 0 Å². The van der Waals surface area contributed by atoms with Crippen molar-refractivity contribution in [2.24, 2.45) is 0 Å². The number of halogens is 2. The molecule has 15 heavy (non-hydrogen) atoms. The zero-order valence-electron chi connectivity index (χ0n) is 8.24. The van der Waals surface area contributed by atoms with Crippen molar-refractivity contribution in [3.63, 3.8) is 0 Å². The lowest BCUT2D eigenvalue weighted by Crippen LogP contribution is -1.70. The van der Waals surface area contributed by atoms with Gasteiger partial charge >= 0.3 is 0 Å². The van der Waals surface area contributed by atoms with E-state index in [4.69, 9.17) is 0 Å². The Kier molecular flexibility index (Phi) is 6.68. The highest BCUT2D eigenvalue weighted by Gasteiger charge is 1.81. The molecule has 78 valence electrons. The molecule has 2 aromatic rings. The maximum absolute atomic E-state index is 3.36. The van der Waals surface area contributed by atoms with Gasteiger partial charge in [0.15, 0.2) is 0 Å². The van der Waals surface area contributed by atoms with Crippen LogP contribution in [0, 0.1) is 3.57 Å². The Labute approximate surface area is 113 Å². The number of alkyl halides is 1. The van der Waals surface area contributed by atoms with Crippen LogP contribution in [-0.2, 0) is 5.33 Å². The standard InChI is InChI=1S/C7H7Br.C6H5I/c8-6-7-4-2-1-3-5-7;7-6-4-2-1-3-5-6/h1-5H,6H2;1-5H. The molecule has 0 radical (unpaired) electrons. The van der Waals surface area contributed by atoms with Crippen molar-refractivity contribution in [2.75, 3.05) is 0 Å². The topological polar surface area (TPSA) is 0 Å². The molecule has 0 fully saturated rings. The fraction of sp³-hybridized carbons (Fsp3) is 0.0769. The first-order valence-corrected chi connectivity index (χ1v) is 6.83. The average molecular weight is 375 g/mol. The normalized spacial score (nSPS) is 8.93. The van der Waals surface area contributed by atoms with E-state index in [-0.39, 0.29) is 0 Å². The molecule has 2 aromatic carbocycles. The molecule has 0 aromatic heterocycles. The van der Waals surface area contributed by atoms with E-state index >= 15 is 0 Å². The quantitative estimate of drug-likeness (QED) is 0.493. The third kappa shape index (κ3) is 5.95. The van der Waals surface area contributed by atoms with Gasteiger partial charge in [-0.15, -0.1) is 0 Å². The van der Waals surface area contributed by atoms with Crippen LogP contribution in [0.3, 0.4) is 0 Å². The zero-order chi connectivity index (χ0) is 10.9. The molecule has 0 nitrogen and oxygen atoms in total. The van der Waals surface area contributed by atoms with Crippen LogP contribution in [0.2, 0.25) is 0 Å². The van der Waals surface area contributed by atoms with Gasteiger partial charge in [-0.2, -0.15) is 0 Å². The van der Waals surface area contributed by atoms with Crippen LogP contribution < -0.4 is 0 Å². The average Bonchev–Trinajstić information content (AvgIpc) is 2.32. The molecule has 0 heterocycles. The van der Waals surface area contributed by atoms with Crippen LogP contribution in [-0.4, -0.2) is 0 Å². The van der Waals surface area contributed by atoms with Crippen molar-refractivity contribution in [3.05, 3.63) is 69.8 Å². The first-order chi connectivity index (χ1) is 7.33. The molecule has 0 aliphatic rings. The molecular weight excluding hydrogens is 363 g/mol. The summed E-state index contributed by atoms with van der Waals surface area (Å²) in [7, 11) is 0. The molecule has 0 aliphatic carbocycles. The lowest BCUT2D eigenvalue weighted by atomic mass is 10.2. The van der Waals surface area contributed by atoms with Gasteiger partial charge in [-0.25, -0.2) is 0 Å². The summed E-state index contributed by atoms with van der Waals surface area (Å²) in [4.78, 5) is 0. The molecule has 0 N–H and O–H groups in total. The van der Waals surface area contributed by atoms with E-state index in [1.54, 1.807) is 0 Å². The smallest absolute Gasteiger partial charge is 0.0283 e. The van der Waals surface area contributed by atoms with Gasteiger partial charge in [-0.1, -0.05) is 64.5 Å².